The van der Waals surface area contributed by atoms with Crippen molar-refractivity contribution < 1.29 is 18.5 Å². The van der Waals surface area contributed by atoms with Gasteiger partial charge in [0.25, 0.3) is 0 Å². The number of nitrogens with one attached hydrogen (secondary N) is 2. The van der Waals surface area contributed by atoms with Crippen LogP contribution in [-0.2, 0) is 0 Å². The summed E-state index contributed by atoms with van der Waals surface area (Å²) in [6.45, 7) is 1.04. The molecule has 1 fully saturated rings. The molecule has 8 heteroatoms. The number of aromatic nitrogens is 4. The topological polar surface area (TPSA) is 68.2 Å². The molecule has 6 nitrogen and oxygen atoms in total. The highest BCUT2D eigenvalue weighted by atomic mass is 19.1. The molecule has 0 amide bonds. The lowest BCUT2D eigenvalue weighted by atomic mass is 10.2. The predicted molar refractivity (Wildman–Crippen MR) is 82.7 cm³/mol. The van der Waals surface area contributed by atoms with Gasteiger partial charge in [0, 0.05) is 6.54 Å². The maximum atomic E-state index is 13.7. The number of ether oxygens (including phenoxy) is 1. The summed E-state index contributed by atoms with van der Waals surface area (Å²) in [5.74, 6) is 0.325. The first kappa shape index (κ1) is 14.8. The average Bonchev–Trinajstić information content (AvgIpc) is 3.22. The number of anilines is 1. The highest BCUT2D eigenvalue weighted by molar-refractivity contribution is 5.80. The van der Waals surface area contributed by atoms with Crippen molar-refractivity contribution in [1.82, 2.24) is 15.0 Å². The van der Waals surface area contributed by atoms with Crippen molar-refractivity contribution in [2.24, 2.45) is 0 Å². The molecule has 0 unspecified atom stereocenters. The first-order chi connectivity index (χ1) is 11.7. The summed E-state index contributed by atoms with van der Waals surface area (Å²) in [5, 5.41) is 0. The van der Waals surface area contributed by atoms with Crippen molar-refractivity contribution in [3.63, 3.8) is 0 Å². The van der Waals surface area contributed by atoms with Gasteiger partial charge in [-0.2, -0.15) is 4.98 Å². The zero-order chi connectivity index (χ0) is 16.5. The Hall–Kier alpha value is -2.77. The number of benzene rings is 1. The number of para-hydroxylation sites is 1. The van der Waals surface area contributed by atoms with Gasteiger partial charge in [-0.1, -0.05) is 12.1 Å². The molecule has 4 rings (SSSR count). The van der Waals surface area contributed by atoms with Gasteiger partial charge >= 0.3 is 11.7 Å². The molecular weight excluding hydrogens is 316 g/mol. The number of halogens is 2. The standard InChI is InChI=1S/C16H15F2N5O/c17-11-5-1-2-6-12(11)24-8-10-4-3-7-23(10)15-13-14(20-9-19-13)21-16(18)22-15/h1-2,5-6,9-10H,3-4,7-8H2,(H,19,20,21,22)/p+1/t10-/m1/s1. The minimum Gasteiger partial charge on any atom is -0.488 e. The first-order valence-electron chi connectivity index (χ1n) is 7.78. The van der Waals surface area contributed by atoms with E-state index in [1.807, 2.05) is 4.90 Å². The normalized spacial score (nSPS) is 17.6. The van der Waals surface area contributed by atoms with E-state index in [1.54, 1.807) is 24.5 Å². The summed E-state index contributed by atoms with van der Waals surface area (Å²) < 4.78 is 33.0. The van der Waals surface area contributed by atoms with E-state index in [1.165, 1.54) is 6.07 Å². The fourth-order valence-electron chi connectivity index (χ4n) is 3.08. The highest BCUT2D eigenvalue weighted by Crippen LogP contribution is 2.28. The Balaban J connectivity index is 1.58. The molecule has 1 aromatic carbocycles. The quantitative estimate of drug-likeness (QED) is 0.743. The van der Waals surface area contributed by atoms with Gasteiger partial charge in [0.1, 0.15) is 6.61 Å². The fraction of sp³-hybridized carbons (Fsp3) is 0.312. The maximum absolute atomic E-state index is 13.7. The van der Waals surface area contributed by atoms with Crippen LogP contribution in [0.3, 0.4) is 0 Å². The van der Waals surface area contributed by atoms with Crippen LogP contribution in [0.15, 0.2) is 30.6 Å². The summed E-state index contributed by atoms with van der Waals surface area (Å²) in [6.07, 6.45) is 2.60. The molecule has 0 aliphatic carbocycles. The zero-order valence-electron chi connectivity index (χ0n) is 12.8. The van der Waals surface area contributed by atoms with E-state index in [0.29, 0.717) is 23.6 Å². The number of nitrogens with zero attached hydrogens (tertiary/aromatic N) is 3. The fourth-order valence-corrected chi connectivity index (χ4v) is 3.08. The van der Waals surface area contributed by atoms with Crippen LogP contribution >= 0.6 is 0 Å². The molecule has 3 aromatic rings. The molecule has 0 saturated carbocycles. The molecule has 1 aliphatic rings. The average molecular weight is 332 g/mol. The minimum atomic E-state index is -0.783. The molecule has 2 N–H and O–H groups in total. The largest absolute Gasteiger partial charge is 0.488 e. The van der Waals surface area contributed by atoms with Crippen LogP contribution in [-0.4, -0.2) is 34.1 Å². The number of H-pyrrole nitrogens is 2. The van der Waals surface area contributed by atoms with E-state index < -0.39 is 11.9 Å². The lowest BCUT2D eigenvalue weighted by Crippen LogP contribution is -2.35. The van der Waals surface area contributed by atoms with Crippen LogP contribution in [0.2, 0.25) is 0 Å². The Bertz CT molecular complexity index is 869. The summed E-state index contributed by atoms with van der Waals surface area (Å²) in [4.78, 5) is 15.5. The molecule has 2 aromatic heterocycles. The van der Waals surface area contributed by atoms with Crippen LogP contribution < -0.4 is 14.6 Å². The SMILES string of the molecule is Fc1nc(N2CCC[C@@H]2COc2ccccc2F)c2[nH]c[nH+]c2n1. The zero-order valence-corrected chi connectivity index (χ0v) is 12.8. The number of hydrogen-bond donors (Lipinski definition) is 1. The van der Waals surface area contributed by atoms with Gasteiger partial charge < -0.3 is 9.64 Å². The van der Waals surface area contributed by atoms with Crippen molar-refractivity contribution in [2.75, 3.05) is 18.1 Å². The Morgan fingerprint density at radius 1 is 1.29 bits per heavy atom. The molecular formula is C16H16F2N5O+. The van der Waals surface area contributed by atoms with Crippen LogP contribution in [0, 0.1) is 11.9 Å². The molecule has 1 aliphatic heterocycles. The second-order valence-electron chi connectivity index (χ2n) is 5.70. The van der Waals surface area contributed by atoms with Gasteiger partial charge in [0.2, 0.25) is 5.52 Å². The van der Waals surface area contributed by atoms with Crippen LogP contribution in [0.25, 0.3) is 11.2 Å². The van der Waals surface area contributed by atoms with E-state index >= 15 is 0 Å². The smallest absolute Gasteiger partial charge is 0.386 e. The van der Waals surface area contributed by atoms with Crippen molar-refractivity contribution in [1.29, 1.82) is 0 Å². The third-order valence-electron chi connectivity index (χ3n) is 4.21. The maximum Gasteiger partial charge on any atom is 0.386 e. The number of rotatable bonds is 4. The van der Waals surface area contributed by atoms with Crippen molar-refractivity contribution in [3.8, 4) is 5.75 Å². The molecule has 1 atom stereocenters. The van der Waals surface area contributed by atoms with E-state index in [4.69, 9.17) is 4.74 Å². The number of imidazole rings is 1. The number of aromatic amines is 2. The molecule has 0 radical (unpaired) electrons. The minimum absolute atomic E-state index is 0.00888. The molecule has 0 bridgehead atoms. The molecule has 24 heavy (non-hydrogen) atoms. The molecule has 1 saturated heterocycles. The van der Waals surface area contributed by atoms with Gasteiger partial charge in [-0.3, -0.25) is 4.98 Å². The Kier molecular flexibility index (Phi) is 3.72. The van der Waals surface area contributed by atoms with Gasteiger partial charge in [0.05, 0.1) is 6.04 Å². The van der Waals surface area contributed by atoms with E-state index in [9.17, 15) is 8.78 Å². The monoisotopic (exact) mass is 332 g/mol. The van der Waals surface area contributed by atoms with Gasteiger partial charge in [0.15, 0.2) is 23.7 Å². The Morgan fingerprint density at radius 2 is 2.17 bits per heavy atom. The van der Waals surface area contributed by atoms with Crippen LogP contribution in [0.4, 0.5) is 14.6 Å². The number of hydrogen-bond acceptors (Lipinski definition) is 4. The van der Waals surface area contributed by atoms with Crippen LogP contribution in [0.5, 0.6) is 5.75 Å². The van der Waals surface area contributed by atoms with Gasteiger partial charge in [-0.25, -0.2) is 9.37 Å². The third-order valence-corrected chi connectivity index (χ3v) is 4.21. The van der Waals surface area contributed by atoms with Crippen molar-refractivity contribution in [3.05, 3.63) is 42.5 Å². The molecule has 3 heterocycles. The predicted octanol–water partition coefficient (Wildman–Crippen LogP) is 2.10. The Morgan fingerprint density at radius 3 is 3.04 bits per heavy atom. The van der Waals surface area contributed by atoms with Gasteiger partial charge in [-0.05, 0) is 30.0 Å². The van der Waals surface area contributed by atoms with Crippen molar-refractivity contribution >= 4 is 17.0 Å². The summed E-state index contributed by atoms with van der Waals surface area (Å²) in [7, 11) is 0. The van der Waals surface area contributed by atoms with Gasteiger partial charge in [-0.15, -0.1) is 4.39 Å². The third kappa shape index (κ3) is 2.64. The second kappa shape index (κ2) is 6.03. The molecule has 0 spiro atoms. The van der Waals surface area contributed by atoms with Crippen LogP contribution in [0.1, 0.15) is 12.8 Å². The lowest BCUT2D eigenvalue weighted by Gasteiger charge is -2.25. The van der Waals surface area contributed by atoms with E-state index in [0.717, 1.165) is 19.4 Å². The summed E-state index contributed by atoms with van der Waals surface area (Å²) in [5.41, 5.74) is 1.06. The Labute approximate surface area is 136 Å². The van der Waals surface area contributed by atoms with Crippen molar-refractivity contribution in [2.45, 2.75) is 18.9 Å². The molecule has 124 valence electrons. The number of fused-ring (bicyclic) bond motifs is 1. The summed E-state index contributed by atoms with van der Waals surface area (Å²) >= 11 is 0. The lowest BCUT2D eigenvalue weighted by molar-refractivity contribution is -0.347. The second-order valence-corrected chi connectivity index (χ2v) is 5.70. The van der Waals surface area contributed by atoms with E-state index in [2.05, 4.69) is 19.9 Å². The highest BCUT2D eigenvalue weighted by Gasteiger charge is 2.31. The first-order valence-corrected chi connectivity index (χ1v) is 7.78. The summed E-state index contributed by atoms with van der Waals surface area (Å²) in [6, 6.07) is 6.29. The van der Waals surface area contributed by atoms with E-state index in [-0.39, 0.29) is 11.8 Å².